The predicted molar refractivity (Wildman–Crippen MR) is 88.6 cm³/mol. The summed E-state index contributed by atoms with van der Waals surface area (Å²) >= 11 is 5.70. The van der Waals surface area contributed by atoms with Gasteiger partial charge < -0.3 is 4.98 Å². The van der Waals surface area contributed by atoms with Crippen LogP contribution in [0.25, 0.3) is 10.9 Å². The van der Waals surface area contributed by atoms with Crippen molar-refractivity contribution < 1.29 is 4.79 Å². The van der Waals surface area contributed by atoms with Crippen molar-refractivity contribution in [1.82, 2.24) is 4.98 Å². The summed E-state index contributed by atoms with van der Waals surface area (Å²) in [5, 5.41) is 0.937. The topological polar surface area (TPSA) is 32.9 Å². The van der Waals surface area contributed by atoms with Crippen LogP contribution in [-0.4, -0.2) is 10.8 Å². The molecule has 3 aromatic rings. The maximum absolute atomic E-state index is 12.6. The Morgan fingerprint density at radius 1 is 1.05 bits per heavy atom. The number of H-pyrrole nitrogens is 1. The summed E-state index contributed by atoms with van der Waals surface area (Å²) in [5.41, 5.74) is 2.40. The minimum atomic E-state index is 0.0446. The van der Waals surface area contributed by atoms with Gasteiger partial charge in [-0.1, -0.05) is 34.1 Å². The van der Waals surface area contributed by atoms with Crippen LogP contribution in [0.5, 0.6) is 0 Å². The smallest absolute Gasteiger partial charge is 0.196 e. The van der Waals surface area contributed by atoms with Crippen LogP contribution < -0.4 is 0 Å². The minimum Gasteiger partial charge on any atom is -0.360 e. The molecule has 0 radical (unpaired) electrons. The molecule has 1 aromatic heterocycles. The third kappa shape index (κ3) is 2.23. The van der Waals surface area contributed by atoms with Gasteiger partial charge in [0.15, 0.2) is 5.78 Å². The van der Waals surface area contributed by atoms with E-state index < -0.39 is 0 Å². The fraction of sp³-hybridized carbons (Fsp3) is 0. The summed E-state index contributed by atoms with van der Waals surface area (Å²) in [7, 11) is 0. The molecule has 94 valence electrons. The third-order valence-corrected chi connectivity index (χ3v) is 4.62. The van der Waals surface area contributed by atoms with Gasteiger partial charge in [-0.05, 0) is 46.9 Å². The molecule has 0 aliphatic rings. The molecule has 0 atom stereocenters. The van der Waals surface area contributed by atoms with Crippen molar-refractivity contribution in [2.45, 2.75) is 0 Å². The molecule has 0 fully saturated rings. The van der Waals surface area contributed by atoms with E-state index in [1.807, 2.05) is 42.5 Å². The molecule has 0 amide bonds. The van der Waals surface area contributed by atoms with E-state index in [-0.39, 0.29) is 5.78 Å². The van der Waals surface area contributed by atoms with Crippen molar-refractivity contribution in [3.05, 3.63) is 67.8 Å². The zero-order valence-electron chi connectivity index (χ0n) is 9.78. The number of ketones is 1. The second-order valence-corrected chi connectivity index (χ2v) is 6.19. The Morgan fingerprint density at radius 3 is 2.63 bits per heavy atom. The predicted octanol–water partition coefficient (Wildman–Crippen LogP) is 4.77. The van der Waals surface area contributed by atoms with Crippen molar-refractivity contribution >= 4 is 55.2 Å². The van der Waals surface area contributed by atoms with Crippen LogP contribution in [0.15, 0.2) is 53.1 Å². The number of carbonyl (C=O) groups is 1. The van der Waals surface area contributed by atoms with Crippen LogP contribution in [-0.2, 0) is 0 Å². The number of aromatic nitrogens is 1. The lowest BCUT2D eigenvalue weighted by molar-refractivity contribution is 0.103. The van der Waals surface area contributed by atoms with Gasteiger partial charge in [0.1, 0.15) is 0 Å². The van der Waals surface area contributed by atoms with Gasteiger partial charge in [-0.25, -0.2) is 0 Å². The average Bonchev–Trinajstić information content (AvgIpc) is 2.84. The van der Waals surface area contributed by atoms with Crippen LogP contribution >= 0.6 is 38.5 Å². The van der Waals surface area contributed by atoms with Gasteiger partial charge >= 0.3 is 0 Å². The van der Waals surface area contributed by atoms with Crippen molar-refractivity contribution in [2.75, 3.05) is 0 Å². The van der Waals surface area contributed by atoms with Crippen LogP contribution in [0.3, 0.4) is 0 Å². The van der Waals surface area contributed by atoms with Gasteiger partial charge in [0.2, 0.25) is 0 Å². The van der Waals surface area contributed by atoms with Crippen molar-refractivity contribution in [3.8, 4) is 0 Å². The molecule has 1 N–H and O–H groups in total. The molecule has 4 heteroatoms. The van der Waals surface area contributed by atoms with Gasteiger partial charge in [0.25, 0.3) is 0 Å². The Morgan fingerprint density at radius 2 is 1.84 bits per heavy atom. The quantitative estimate of drug-likeness (QED) is 0.465. The highest BCUT2D eigenvalue weighted by Crippen LogP contribution is 2.29. The number of fused-ring (bicyclic) bond motifs is 1. The molecular formula is C15H9BrINO. The van der Waals surface area contributed by atoms with Gasteiger partial charge in [-0.2, -0.15) is 0 Å². The van der Waals surface area contributed by atoms with Gasteiger partial charge in [-0.15, -0.1) is 0 Å². The number of aromatic amines is 1. The molecule has 0 saturated carbocycles. The Kier molecular flexibility index (Phi) is 3.45. The van der Waals surface area contributed by atoms with E-state index in [0.717, 1.165) is 24.5 Å². The zero-order valence-corrected chi connectivity index (χ0v) is 13.5. The molecule has 1 heterocycles. The number of halogens is 2. The lowest BCUT2D eigenvalue weighted by atomic mass is 10.0. The van der Waals surface area contributed by atoms with Crippen LogP contribution in [0.2, 0.25) is 0 Å². The van der Waals surface area contributed by atoms with E-state index >= 15 is 0 Å². The van der Waals surface area contributed by atoms with Crippen molar-refractivity contribution in [1.29, 1.82) is 0 Å². The Balaban J connectivity index is 2.21. The van der Waals surface area contributed by atoms with E-state index in [2.05, 4.69) is 43.5 Å². The maximum atomic E-state index is 12.6. The number of hydrogen-bond acceptors (Lipinski definition) is 1. The first-order valence-electron chi connectivity index (χ1n) is 5.73. The number of carbonyl (C=O) groups excluding carboxylic acids is 1. The first-order chi connectivity index (χ1) is 9.18. The standard InChI is InChI=1S/C15H9BrINO/c16-11-5-3-7-13-14(11)10(8-18-13)15(19)9-4-1-2-6-12(9)17/h1-8,18H. The molecule has 2 nitrogen and oxygen atoms in total. The van der Waals surface area contributed by atoms with Crippen LogP contribution in [0.4, 0.5) is 0 Å². The van der Waals surface area contributed by atoms with E-state index in [1.165, 1.54) is 0 Å². The zero-order chi connectivity index (χ0) is 13.4. The summed E-state index contributed by atoms with van der Waals surface area (Å²) < 4.78 is 1.90. The first kappa shape index (κ1) is 12.9. The molecule has 0 aliphatic carbocycles. The molecule has 0 aliphatic heterocycles. The normalized spacial score (nSPS) is 10.8. The fourth-order valence-electron chi connectivity index (χ4n) is 2.11. The molecule has 19 heavy (non-hydrogen) atoms. The Bertz CT molecular complexity index is 779. The fourth-order valence-corrected chi connectivity index (χ4v) is 3.32. The van der Waals surface area contributed by atoms with E-state index in [9.17, 15) is 4.79 Å². The minimum absolute atomic E-state index is 0.0446. The second kappa shape index (κ2) is 5.09. The lowest BCUT2D eigenvalue weighted by Gasteiger charge is -2.03. The van der Waals surface area contributed by atoms with E-state index in [0.29, 0.717) is 5.56 Å². The SMILES string of the molecule is O=C(c1ccccc1I)c1c[nH]c2cccc(Br)c12. The van der Waals surface area contributed by atoms with Crippen LogP contribution in [0.1, 0.15) is 15.9 Å². The number of rotatable bonds is 2. The number of hydrogen-bond donors (Lipinski definition) is 1. The summed E-state index contributed by atoms with van der Waals surface area (Å²) in [4.78, 5) is 15.8. The summed E-state index contributed by atoms with van der Waals surface area (Å²) in [5.74, 6) is 0.0446. The third-order valence-electron chi connectivity index (χ3n) is 3.02. The molecular weight excluding hydrogens is 417 g/mol. The number of benzene rings is 2. The monoisotopic (exact) mass is 425 g/mol. The second-order valence-electron chi connectivity index (χ2n) is 4.17. The van der Waals surface area contributed by atoms with Gasteiger partial charge in [0.05, 0.1) is 0 Å². The van der Waals surface area contributed by atoms with Crippen molar-refractivity contribution in [3.63, 3.8) is 0 Å². The Labute approximate surface area is 132 Å². The summed E-state index contributed by atoms with van der Waals surface area (Å²) in [6.45, 7) is 0. The van der Waals surface area contributed by atoms with E-state index in [4.69, 9.17) is 0 Å². The largest absolute Gasteiger partial charge is 0.360 e. The number of nitrogens with one attached hydrogen (secondary N) is 1. The lowest BCUT2D eigenvalue weighted by Crippen LogP contribution is -2.02. The summed E-state index contributed by atoms with van der Waals surface area (Å²) in [6.07, 6.45) is 1.78. The van der Waals surface area contributed by atoms with E-state index in [1.54, 1.807) is 6.20 Å². The molecule has 0 bridgehead atoms. The maximum Gasteiger partial charge on any atom is 0.196 e. The van der Waals surface area contributed by atoms with Crippen molar-refractivity contribution in [2.24, 2.45) is 0 Å². The molecule has 3 rings (SSSR count). The highest BCUT2D eigenvalue weighted by Gasteiger charge is 2.17. The average molecular weight is 426 g/mol. The molecule has 0 unspecified atom stereocenters. The highest BCUT2D eigenvalue weighted by molar-refractivity contribution is 14.1. The summed E-state index contributed by atoms with van der Waals surface area (Å²) in [6, 6.07) is 13.5. The molecule has 0 spiro atoms. The Hall–Kier alpha value is -1.14. The molecule has 0 saturated heterocycles. The first-order valence-corrected chi connectivity index (χ1v) is 7.60. The molecule has 2 aromatic carbocycles. The van der Waals surface area contributed by atoms with Gasteiger partial charge in [-0.3, -0.25) is 4.79 Å². The highest BCUT2D eigenvalue weighted by atomic mass is 127. The van der Waals surface area contributed by atoms with Gasteiger partial charge in [0, 0.05) is 36.3 Å². The van der Waals surface area contributed by atoms with Crippen LogP contribution in [0, 0.1) is 3.57 Å².